The fourth-order valence-corrected chi connectivity index (χ4v) is 5.16. The summed E-state index contributed by atoms with van der Waals surface area (Å²) in [5.41, 5.74) is 3.10. The number of aromatic amines is 1. The summed E-state index contributed by atoms with van der Waals surface area (Å²) in [6.07, 6.45) is 1.93. The minimum atomic E-state index is -3.88. The van der Waals surface area contributed by atoms with Crippen LogP contribution in [-0.4, -0.2) is 44.5 Å². The molecule has 1 heterocycles. The largest absolute Gasteiger partial charge is 0.361 e. The normalized spacial score (nSPS) is 12.7. The van der Waals surface area contributed by atoms with Gasteiger partial charge in [-0.15, -0.1) is 0 Å². The van der Waals surface area contributed by atoms with E-state index in [1.807, 2.05) is 54.7 Å². The van der Waals surface area contributed by atoms with Crippen LogP contribution in [0.4, 0.5) is 0 Å². The first-order chi connectivity index (χ1) is 16.3. The summed E-state index contributed by atoms with van der Waals surface area (Å²) in [4.78, 5) is 21.1. The number of benzene rings is 3. The number of nitrogens with zero attached hydrogens (tertiary/aromatic N) is 1. The van der Waals surface area contributed by atoms with Gasteiger partial charge in [0.2, 0.25) is 0 Å². The predicted molar refractivity (Wildman–Crippen MR) is 132 cm³/mol. The lowest BCUT2D eigenvalue weighted by Crippen LogP contribution is -2.30. The number of H-pyrrole nitrogens is 1. The molecular formula is C25H24ClN3O4S. The molecule has 0 aliphatic heterocycles. The van der Waals surface area contributed by atoms with Crippen molar-refractivity contribution < 1.29 is 18.0 Å². The van der Waals surface area contributed by atoms with Gasteiger partial charge < -0.3 is 10.3 Å². The highest BCUT2D eigenvalue weighted by Crippen LogP contribution is 2.34. The Morgan fingerprint density at radius 1 is 1.06 bits per heavy atom. The van der Waals surface area contributed by atoms with E-state index in [0.717, 1.165) is 26.5 Å². The molecule has 1 aromatic heterocycles. The third-order valence-electron chi connectivity index (χ3n) is 5.73. The number of rotatable bonds is 8. The minimum Gasteiger partial charge on any atom is -0.361 e. The number of hydroxylamine groups is 1. The summed E-state index contributed by atoms with van der Waals surface area (Å²) in [5.74, 6) is -0.616. The van der Waals surface area contributed by atoms with Gasteiger partial charge in [-0.2, -0.15) is 0 Å². The van der Waals surface area contributed by atoms with Gasteiger partial charge in [-0.1, -0.05) is 58.5 Å². The zero-order valence-corrected chi connectivity index (χ0v) is 20.2. The van der Waals surface area contributed by atoms with Gasteiger partial charge in [-0.3, -0.25) is 9.63 Å². The van der Waals surface area contributed by atoms with Crippen molar-refractivity contribution in [1.29, 1.82) is 0 Å². The Labute approximate surface area is 203 Å². The molecule has 0 spiro atoms. The zero-order chi connectivity index (χ0) is 24.3. The highest BCUT2D eigenvalue weighted by Gasteiger charge is 2.24. The molecule has 1 atom stereocenters. The number of sulfonamides is 1. The van der Waals surface area contributed by atoms with Gasteiger partial charge in [0.15, 0.2) is 0 Å². The van der Waals surface area contributed by atoms with Crippen LogP contribution >= 0.6 is 11.6 Å². The summed E-state index contributed by atoms with van der Waals surface area (Å²) < 4.78 is 25.9. The van der Waals surface area contributed by atoms with Crippen molar-refractivity contribution >= 4 is 38.4 Å². The molecule has 176 valence electrons. The number of aromatic nitrogens is 1. The van der Waals surface area contributed by atoms with E-state index >= 15 is 0 Å². The number of carbonyl (C=O) groups is 1. The van der Waals surface area contributed by atoms with Crippen LogP contribution in [0.2, 0.25) is 5.02 Å². The molecule has 0 bridgehead atoms. The molecule has 0 aliphatic carbocycles. The Kier molecular flexibility index (Phi) is 7.04. The van der Waals surface area contributed by atoms with Crippen LogP contribution in [0.5, 0.6) is 0 Å². The van der Waals surface area contributed by atoms with Crippen molar-refractivity contribution in [2.24, 2.45) is 0 Å². The summed E-state index contributed by atoms with van der Waals surface area (Å²) in [6.45, 7) is 0.263. The number of para-hydroxylation sites is 1. The number of hydrogen-bond donors (Lipinski definition) is 2. The second-order valence-corrected chi connectivity index (χ2v) is 10.0. The van der Waals surface area contributed by atoms with Crippen LogP contribution in [0.25, 0.3) is 10.9 Å². The highest BCUT2D eigenvalue weighted by molar-refractivity contribution is 7.89. The average Bonchev–Trinajstić information content (AvgIpc) is 3.28. The van der Waals surface area contributed by atoms with Crippen LogP contribution in [0.3, 0.4) is 0 Å². The van der Waals surface area contributed by atoms with Crippen LogP contribution < -0.4 is 5.32 Å². The van der Waals surface area contributed by atoms with Gasteiger partial charge in [0.1, 0.15) is 0 Å². The third kappa shape index (κ3) is 4.71. The van der Waals surface area contributed by atoms with Crippen molar-refractivity contribution in [3.63, 3.8) is 0 Å². The van der Waals surface area contributed by atoms with E-state index in [9.17, 15) is 13.2 Å². The lowest BCUT2D eigenvalue weighted by Gasteiger charge is -2.20. The van der Waals surface area contributed by atoms with Crippen molar-refractivity contribution in [1.82, 2.24) is 14.8 Å². The van der Waals surface area contributed by atoms with Crippen LogP contribution in [0.15, 0.2) is 83.9 Å². The molecule has 1 amide bonds. The molecule has 2 N–H and O–H groups in total. The molecule has 0 saturated heterocycles. The number of carbonyl (C=O) groups excluding carboxylic acids is 1. The van der Waals surface area contributed by atoms with Crippen LogP contribution in [-0.2, 0) is 14.9 Å². The van der Waals surface area contributed by atoms with Gasteiger partial charge in [0, 0.05) is 47.2 Å². The molecule has 7 nitrogen and oxygen atoms in total. The molecule has 1 unspecified atom stereocenters. The summed E-state index contributed by atoms with van der Waals surface area (Å²) in [7, 11) is -1.33. The second-order valence-electron chi connectivity index (χ2n) is 7.70. The molecule has 0 radical (unpaired) electrons. The maximum Gasteiger partial charge on any atom is 0.264 e. The van der Waals surface area contributed by atoms with Crippen LogP contribution in [0.1, 0.15) is 27.4 Å². The molecule has 0 saturated carbocycles. The number of fused-ring (bicyclic) bond motifs is 1. The Balaban J connectivity index is 1.64. The molecule has 4 aromatic rings. The van der Waals surface area contributed by atoms with Gasteiger partial charge in [-0.25, -0.2) is 8.42 Å². The Morgan fingerprint density at radius 2 is 1.79 bits per heavy atom. The topological polar surface area (TPSA) is 91.5 Å². The molecule has 34 heavy (non-hydrogen) atoms. The number of halogens is 1. The van der Waals surface area contributed by atoms with E-state index in [1.54, 1.807) is 6.07 Å². The number of hydrogen-bond acceptors (Lipinski definition) is 4. The monoisotopic (exact) mass is 497 g/mol. The van der Waals surface area contributed by atoms with Gasteiger partial charge in [0.05, 0.1) is 12.0 Å². The van der Waals surface area contributed by atoms with E-state index in [-0.39, 0.29) is 22.9 Å². The molecular weight excluding hydrogens is 474 g/mol. The fourth-order valence-electron chi connectivity index (χ4n) is 3.87. The zero-order valence-electron chi connectivity index (χ0n) is 18.7. The SMILES string of the molecule is CON(C)S(=O)(=O)c1cccc(C(=O)NCC(c2ccccc2Cl)c2c[nH]c3ccccc23)c1. The average molecular weight is 498 g/mol. The minimum absolute atomic E-state index is 0.0382. The Hall–Kier alpha value is -3.17. The predicted octanol–water partition coefficient (Wildman–Crippen LogP) is 4.57. The van der Waals surface area contributed by atoms with Crippen molar-refractivity contribution in [2.45, 2.75) is 10.8 Å². The number of nitrogens with one attached hydrogen (secondary N) is 2. The standard InChI is InChI=1S/C25H24ClN3O4S/c1-29(33-2)34(31,32)18-9-7-8-17(14-18)25(30)28-16-21(19-10-3-5-12-23(19)26)22-15-27-24-13-6-4-11-20(22)24/h3-15,21,27H,16H2,1-2H3,(H,28,30). The Bertz CT molecular complexity index is 1430. The lowest BCUT2D eigenvalue weighted by molar-refractivity contribution is -0.0258. The first kappa shape index (κ1) is 24.0. The van der Waals surface area contributed by atoms with Gasteiger partial charge in [-0.05, 0) is 41.5 Å². The van der Waals surface area contributed by atoms with E-state index in [4.69, 9.17) is 16.4 Å². The maximum absolute atomic E-state index is 13.0. The van der Waals surface area contributed by atoms with Crippen LogP contribution in [0, 0.1) is 0 Å². The molecule has 9 heteroatoms. The first-order valence-electron chi connectivity index (χ1n) is 10.5. The maximum atomic E-state index is 13.0. The quantitative estimate of drug-likeness (QED) is 0.349. The van der Waals surface area contributed by atoms with E-state index in [0.29, 0.717) is 5.02 Å². The lowest BCUT2D eigenvalue weighted by atomic mass is 9.90. The summed E-state index contributed by atoms with van der Waals surface area (Å²) in [6, 6.07) is 21.3. The van der Waals surface area contributed by atoms with E-state index < -0.39 is 15.9 Å². The number of amides is 1. The van der Waals surface area contributed by atoms with E-state index in [2.05, 4.69) is 10.3 Å². The second kappa shape index (κ2) is 9.99. The molecule has 3 aromatic carbocycles. The highest BCUT2D eigenvalue weighted by atomic mass is 35.5. The van der Waals surface area contributed by atoms with Crippen molar-refractivity contribution in [2.75, 3.05) is 20.7 Å². The molecule has 4 rings (SSSR count). The summed E-state index contributed by atoms with van der Waals surface area (Å²) in [5, 5.41) is 4.59. The van der Waals surface area contributed by atoms with E-state index in [1.165, 1.54) is 32.4 Å². The van der Waals surface area contributed by atoms with Gasteiger partial charge >= 0.3 is 0 Å². The van der Waals surface area contributed by atoms with Gasteiger partial charge in [0.25, 0.3) is 15.9 Å². The smallest absolute Gasteiger partial charge is 0.264 e. The first-order valence-corrected chi connectivity index (χ1v) is 12.4. The molecule has 0 aliphatic rings. The molecule has 0 fully saturated rings. The van der Waals surface area contributed by atoms with Crippen molar-refractivity contribution in [3.8, 4) is 0 Å². The third-order valence-corrected chi connectivity index (χ3v) is 7.75. The fraction of sp³-hybridized carbons (Fsp3) is 0.160. The summed E-state index contributed by atoms with van der Waals surface area (Å²) >= 11 is 6.53. The Morgan fingerprint density at radius 3 is 2.56 bits per heavy atom. The van der Waals surface area contributed by atoms with Crippen molar-refractivity contribution in [3.05, 3.63) is 101 Å².